The summed E-state index contributed by atoms with van der Waals surface area (Å²) in [7, 11) is 2.97. The summed E-state index contributed by atoms with van der Waals surface area (Å²) in [5.41, 5.74) is 2.75. The van der Waals surface area contributed by atoms with Gasteiger partial charge in [0.2, 0.25) is 5.91 Å². The molecule has 41 heavy (non-hydrogen) atoms. The van der Waals surface area contributed by atoms with E-state index in [0.717, 1.165) is 19.3 Å². The Kier molecular flexibility index (Phi) is 7.65. The topological polar surface area (TPSA) is 181 Å². The lowest BCUT2D eigenvalue weighted by Gasteiger charge is -2.56. The van der Waals surface area contributed by atoms with Gasteiger partial charge in [-0.15, -0.1) is 0 Å². The zero-order valence-electron chi connectivity index (χ0n) is 23.0. The maximum absolute atomic E-state index is 14.3. The number of aromatic hydroxyl groups is 1. The molecule has 0 aromatic heterocycles. The van der Waals surface area contributed by atoms with E-state index in [2.05, 4.69) is 0 Å². The molecule has 11 nitrogen and oxygen atoms in total. The van der Waals surface area contributed by atoms with Gasteiger partial charge in [-0.2, -0.15) is 0 Å². The average molecular weight is 680 g/mol. The number of ketones is 4. The van der Waals surface area contributed by atoms with Gasteiger partial charge >= 0.3 is 5.97 Å². The third kappa shape index (κ3) is 4.27. The van der Waals surface area contributed by atoms with Crippen molar-refractivity contribution in [3.8, 4) is 5.75 Å². The Morgan fingerprint density at radius 1 is 1.07 bits per heavy atom. The number of carbonyl (C=O) groups is 6. The number of benzene rings is 1. The number of nitrogens with zero attached hydrogens (tertiary/aromatic N) is 1. The molecule has 3 fully saturated rings. The number of hydrogen-bond acceptors (Lipinski definition) is 10. The molecule has 5 rings (SSSR count). The van der Waals surface area contributed by atoms with Gasteiger partial charge < -0.3 is 20.7 Å². The number of halogens is 1. The zero-order chi connectivity index (χ0) is 30.1. The molecule has 4 N–H and O–H groups in total. The first-order chi connectivity index (χ1) is 19.2. The number of phenolic OH excluding ortho intramolecular Hbond substituents is 1. The first kappa shape index (κ1) is 29.8. The zero-order valence-corrected chi connectivity index (χ0v) is 25.1. The van der Waals surface area contributed by atoms with Crippen LogP contribution in [0.4, 0.5) is 0 Å². The number of primary amides is 1. The van der Waals surface area contributed by atoms with E-state index in [1.165, 1.54) is 25.1 Å². The normalized spacial score (nSPS) is 35.5. The smallest absolute Gasteiger partial charge is 0.309 e. The molecule has 2 unspecified atom stereocenters. The third-order valence-electron chi connectivity index (χ3n) is 9.58. The largest absolute Gasteiger partial charge is 0.507 e. The quantitative estimate of drug-likeness (QED) is 0.237. The Morgan fingerprint density at radius 3 is 2.29 bits per heavy atom. The highest BCUT2D eigenvalue weighted by Gasteiger charge is 2.74. The minimum absolute atomic E-state index is 0.103. The second-order valence-corrected chi connectivity index (χ2v) is 13.1. The van der Waals surface area contributed by atoms with Gasteiger partial charge in [-0.25, -0.2) is 0 Å². The van der Waals surface area contributed by atoms with Crippen LogP contribution in [0.5, 0.6) is 5.75 Å². The average Bonchev–Trinajstić information content (AvgIpc) is 2.91. The minimum atomic E-state index is -3.02. The highest BCUT2D eigenvalue weighted by atomic mass is 127. The van der Waals surface area contributed by atoms with Gasteiger partial charge in [0.25, 0.3) is 0 Å². The molecule has 1 aromatic rings. The van der Waals surface area contributed by atoms with Gasteiger partial charge in [-0.1, -0.05) is 26.2 Å². The molecule has 0 aliphatic heterocycles. The van der Waals surface area contributed by atoms with Crippen LogP contribution in [-0.2, 0) is 28.7 Å². The van der Waals surface area contributed by atoms with Crippen LogP contribution in [0.3, 0.4) is 0 Å². The molecule has 0 radical (unpaired) electrons. The van der Waals surface area contributed by atoms with Crippen LogP contribution in [0.1, 0.15) is 60.9 Å². The Hall–Kier alpha value is -2.71. The Labute approximate surface area is 250 Å². The van der Waals surface area contributed by atoms with Gasteiger partial charge in [0.05, 0.1) is 29.4 Å². The Bertz CT molecular complexity index is 1370. The fraction of sp³-hybridized carbons (Fsp3) is 0.586. The first-order valence-corrected chi connectivity index (χ1v) is 14.9. The monoisotopic (exact) mass is 680 g/mol. The van der Waals surface area contributed by atoms with Crippen LogP contribution < -0.4 is 5.73 Å². The summed E-state index contributed by atoms with van der Waals surface area (Å²) in [4.78, 5) is 83.0. The van der Waals surface area contributed by atoms with Gasteiger partial charge in [0, 0.05) is 9.49 Å². The number of fused-ring (bicyclic) bond motifs is 3. The summed E-state index contributed by atoms with van der Waals surface area (Å²) in [6.07, 6.45) is 2.35. The van der Waals surface area contributed by atoms with Gasteiger partial charge in [-0.05, 0) is 73.1 Å². The van der Waals surface area contributed by atoms with Crippen LogP contribution in [0.2, 0.25) is 0 Å². The summed E-state index contributed by atoms with van der Waals surface area (Å²) in [5.74, 6) is -14.2. The lowest BCUT2D eigenvalue weighted by Crippen LogP contribution is -2.78. The molecule has 0 saturated heterocycles. The second-order valence-electron chi connectivity index (χ2n) is 12.0. The summed E-state index contributed by atoms with van der Waals surface area (Å²) >= 11 is 2.02. The molecule has 4 aliphatic carbocycles. The maximum Gasteiger partial charge on any atom is 0.309 e. The number of hydrogen-bond donors (Lipinski definition) is 3. The number of ether oxygens (including phenoxy) is 1. The van der Waals surface area contributed by atoms with Crippen molar-refractivity contribution in [1.82, 2.24) is 4.90 Å². The molecule has 1 amide bonds. The van der Waals surface area contributed by atoms with E-state index in [1.54, 1.807) is 13.0 Å². The summed E-state index contributed by atoms with van der Waals surface area (Å²) < 4.78 is 6.78. The van der Waals surface area contributed by atoms with Crippen molar-refractivity contribution in [2.75, 3.05) is 14.1 Å². The molecule has 0 bridgehead atoms. The van der Waals surface area contributed by atoms with Gasteiger partial charge in [0.15, 0.2) is 34.7 Å². The first-order valence-electron chi connectivity index (χ1n) is 13.8. The van der Waals surface area contributed by atoms with Crippen LogP contribution >= 0.6 is 22.6 Å². The van der Waals surface area contributed by atoms with E-state index in [1.807, 2.05) is 22.6 Å². The molecular formula is C29H33IN2O9. The van der Waals surface area contributed by atoms with Crippen LogP contribution in [0, 0.1) is 33.2 Å². The van der Waals surface area contributed by atoms with E-state index in [9.17, 15) is 39.0 Å². The van der Waals surface area contributed by atoms with Crippen molar-refractivity contribution >= 4 is 57.6 Å². The summed E-state index contributed by atoms with van der Waals surface area (Å²) in [6, 6.07) is 1.54. The Balaban J connectivity index is 1.75. The van der Waals surface area contributed by atoms with E-state index in [4.69, 9.17) is 10.5 Å². The standard InChI is InChI=1S/C29H33IN2O9/c1-11-15-13(30)9-10-14(33)17(15)22(34)18-16(11)24(41-28(39)12-7-5-4-6-8-12)20-21(32(2)3)23(35)19(27(31)38)26(37)29(20,40)25(18)36/h9-12,16,18-21,24,33,40H,4-8H2,1-3H3,(H2,31,38)/t11-,16+,18?,19?,20+,21-,24-,29-/m1/s1. The van der Waals surface area contributed by atoms with Crippen molar-refractivity contribution in [1.29, 1.82) is 0 Å². The van der Waals surface area contributed by atoms with E-state index < -0.39 is 88.3 Å². The number of phenols is 1. The van der Waals surface area contributed by atoms with Crippen LogP contribution in [0.25, 0.3) is 0 Å². The van der Waals surface area contributed by atoms with Gasteiger partial charge in [-0.3, -0.25) is 33.7 Å². The predicted molar refractivity (Wildman–Crippen MR) is 151 cm³/mol. The lowest BCUT2D eigenvalue weighted by atomic mass is 9.49. The maximum atomic E-state index is 14.3. The van der Waals surface area contributed by atoms with Crippen molar-refractivity contribution in [3.63, 3.8) is 0 Å². The third-order valence-corrected chi connectivity index (χ3v) is 10.5. The number of esters is 1. The second kappa shape index (κ2) is 10.5. The number of amides is 1. The molecule has 0 heterocycles. The lowest BCUT2D eigenvalue weighted by molar-refractivity contribution is -0.207. The summed E-state index contributed by atoms with van der Waals surface area (Å²) in [5, 5.41) is 22.8. The Morgan fingerprint density at radius 2 is 1.71 bits per heavy atom. The molecule has 8 atom stereocenters. The van der Waals surface area contributed by atoms with Crippen LogP contribution in [-0.4, -0.2) is 82.0 Å². The number of nitrogens with two attached hydrogens (primary N) is 1. The van der Waals surface area contributed by atoms with E-state index in [-0.39, 0.29) is 11.3 Å². The number of Topliss-reactive ketones (excluding diaryl/α,β-unsaturated/α-hetero) is 4. The molecule has 3 saturated carbocycles. The highest BCUT2D eigenvalue weighted by Crippen LogP contribution is 2.56. The molecule has 12 heteroatoms. The molecule has 4 aliphatic rings. The molecule has 0 spiro atoms. The number of aliphatic hydroxyl groups is 1. The van der Waals surface area contributed by atoms with Gasteiger partial charge in [0.1, 0.15) is 11.9 Å². The fourth-order valence-corrected chi connectivity index (χ4v) is 8.64. The predicted octanol–water partition coefficient (Wildman–Crippen LogP) is 1.13. The van der Waals surface area contributed by atoms with E-state index in [0.29, 0.717) is 22.0 Å². The highest BCUT2D eigenvalue weighted by molar-refractivity contribution is 14.1. The van der Waals surface area contributed by atoms with Crippen molar-refractivity contribution in [2.24, 2.45) is 35.3 Å². The minimum Gasteiger partial charge on any atom is -0.507 e. The van der Waals surface area contributed by atoms with Crippen molar-refractivity contribution < 1.29 is 43.7 Å². The number of rotatable bonds is 4. The number of likely N-dealkylation sites (N-methyl/N-ethyl adjacent to an activating group) is 1. The molecule has 220 valence electrons. The van der Waals surface area contributed by atoms with Crippen LogP contribution in [0.15, 0.2) is 12.1 Å². The molecular weight excluding hydrogens is 647 g/mol. The SMILES string of the molecule is C[C@@H]1c2c(I)ccc(O)c2C(=O)C2C(=O)[C@@]3(O)C(=O)C(C(N)=O)C(=O)[C@H](N(C)C)[C@H]3[C@H](OC(=O)C3CCCCC3)[C@H]21. The van der Waals surface area contributed by atoms with Crippen molar-refractivity contribution in [3.05, 3.63) is 26.8 Å². The van der Waals surface area contributed by atoms with E-state index >= 15 is 0 Å². The molecule has 1 aromatic carbocycles. The number of carbonyl (C=O) groups excluding carboxylic acids is 6. The fourth-order valence-electron chi connectivity index (χ4n) is 7.70. The van der Waals surface area contributed by atoms with Crippen molar-refractivity contribution in [2.45, 2.75) is 62.7 Å². The summed E-state index contributed by atoms with van der Waals surface area (Å²) in [6.45, 7) is 1.73.